The number of ether oxygens (including phenoxy) is 1. The lowest BCUT2D eigenvalue weighted by Gasteiger charge is -2.43. The smallest absolute Gasteiger partial charge is 0.336 e. The highest BCUT2D eigenvalue weighted by Gasteiger charge is 2.42. The number of hydrogen-bond acceptors (Lipinski definition) is 3. The summed E-state index contributed by atoms with van der Waals surface area (Å²) in [6.07, 6.45) is 2.87. The third-order valence-electron chi connectivity index (χ3n) is 4.61. The lowest BCUT2D eigenvalue weighted by Crippen LogP contribution is -2.39. The summed E-state index contributed by atoms with van der Waals surface area (Å²) in [7, 11) is 0. The van der Waals surface area contributed by atoms with E-state index in [-0.39, 0.29) is 12.1 Å². The summed E-state index contributed by atoms with van der Waals surface area (Å²) in [5.41, 5.74) is 4.97. The van der Waals surface area contributed by atoms with Gasteiger partial charge in [-0.15, -0.1) is 0 Å². The second-order valence-corrected chi connectivity index (χ2v) is 5.61. The number of rotatable bonds is 0. The minimum Gasteiger partial charge on any atom is -0.453 e. The van der Waals surface area contributed by atoms with E-state index in [1.807, 2.05) is 6.92 Å². The standard InChI is InChI=1S/C16H17NO2/c1-10-15-13(16(18)19-10)6-7-14-12-5-3-2-4-11(12)8-9-17(14)15/h2-5,10,14H,6-9H2,1H3/t10-,14+/m1/s1. The quantitative estimate of drug-likeness (QED) is 0.667. The first-order valence-corrected chi connectivity index (χ1v) is 7.04. The van der Waals surface area contributed by atoms with Crippen molar-refractivity contribution in [2.45, 2.75) is 38.3 Å². The van der Waals surface area contributed by atoms with Crippen LogP contribution in [-0.2, 0) is 16.0 Å². The van der Waals surface area contributed by atoms with E-state index in [2.05, 4.69) is 29.2 Å². The van der Waals surface area contributed by atoms with Crippen molar-refractivity contribution in [2.75, 3.05) is 6.54 Å². The Kier molecular flexibility index (Phi) is 2.25. The molecule has 0 unspecified atom stereocenters. The minimum atomic E-state index is -0.0974. The van der Waals surface area contributed by atoms with Gasteiger partial charge in [-0.2, -0.15) is 0 Å². The fourth-order valence-electron chi connectivity index (χ4n) is 3.81. The van der Waals surface area contributed by atoms with Gasteiger partial charge in [0.15, 0.2) is 0 Å². The third-order valence-corrected chi connectivity index (χ3v) is 4.61. The monoisotopic (exact) mass is 255 g/mol. The third kappa shape index (κ3) is 1.47. The molecule has 0 N–H and O–H groups in total. The van der Waals surface area contributed by atoms with Gasteiger partial charge in [0.2, 0.25) is 0 Å². The van der Waals surface area contributed by atoms with E-state index in [4.69, 9.17) is 4.74 Å². The molecule has 0 spiro atoms. The zero-order valence-corrected chi connectivity index (χ0v) is 11.1. The van der Waals surface area contributed by atoms with E-state index in [1.54, 1.807) is 0 Å². The Labute approximate surface area is 112 Å². The van der Waals surface area contributed by atoms with Gasteiger partial charge in [-0.25, -0.2) is 4.79 Å². The molecule has 0 aliphatic carbocycles. The molecule has 1 aromatic carbocycles. The molecule has 3 aliphatic heterocycles. The zero-order valence-electron chi connectivity index (χ0n) is 11.1. The first kappa shape index (κ1) is 11.1. The van der Waals surface area contributed by atoms with Crippen LogP contribution in [-0.4, -0.2) is 23.5 Å². The zero-order chi connectivity index (χ0) is 13.0. The number of cyclic esters (lactones) is 1. The topological polar surface area (TPSA) is 29.5 Å². The molecule has 3 nitrogen and oxygen atoms in total. The van der Waals surface area contributed by atoms with Crippen LogP contribution >= 0.6 is 0 Å². The van der Waals surface area contributed by atoms with Crippen molar-refractivity contribution >= 4 is 5.97 Å². The second kappa shape index (κ2) is 3.86. The molecule has 0 bridgehead atoms. The molecule has 0 saturated heterocycles. The molecule has 3 aliphatic rings. The van der Waals surface area contributed by atoms with Gasteiger partial charge in [0.05, 0.1) is 17.3 Å². The molecule has 2 atom stereocenters. The number of carbonyl (C=O) groups excluding carboxylic acids is 1. The summed E-state index contributed by atoms with van der Waals surface area (Å²) in [5.74, 6) is -0.0974. The average molecular weight is 255 g/mol. The highest BCUT2D eigenvalue weighted by Crippen LogP contribution is 2.44. The first-order chi connectivity index (χ1) is 9.25. The number of hydrogen-bond donors (Lipinski definition) is 0. The van der Waals surface area contributed by atoms with Crippen molar-refractivity contribution in [3.8, 4) is 0 Å². The molecule has 98 valence electrons. The molecular weight excluding hydrogens is 238 g/mol. The fourth-order valence-corrected chi connectivity index (χ4v) is 3.81. The van der Waals surface area contributed by atoms with Gasteiger partial charge >= 0.3 is 5.97 Å². The molecule has 4 rings (SSSR count). The Morgan fingerprint density at radius 2 is 2.11 bits per heavy atom. The first-order valence-electron chi connectivity index (χ1n) is 7.04. The Bertz CT molecular complexity index is 590. The van der Waals surface area contributed by atoms with E-state index >= 15 is 0 Å². The maximum Gasteiger partial charge on any atom is 0.336 e. The predicted octanol–water partition coefficient (Wildman–Crippen LogP) is 2.58. The fraction of sp³-hybridized carbons (Fsp3) is 0.438. The van der Waals surface area contributed by atoms with Crippen molar-refractivity contribution in [2.24, 2.45) is 0 Å². The van der Waals surface area contributed by atoms with Crippen molar-refractivity contribution in [3.05, 3.63) is 46.7 Å². The number of fused-ring (bicyclic) bond motifs is 4. The summed E-state index contributed by atoms with van der Waals surface area (Å²) in [5, 5.41) is 0. The summed E-state index contributed by atoms with van der Waals surface area (Å²) in [4.78, 5) is 14.2. The molecule has 0 fully saturated rings. The molecule has 0 saturated carbocycles. The van der Waals surface area contributed by atoms with Gasteiger partial charge in [0.1, 0.15) is 6.10 Å². The summed E-state index contributed by atoms with van der Waals surface area (Å²) >= 11 is 0. The van der Waals surface area contributed by atoms with Crippen molar-refractivity contribution in [3.63, 3.8) is 0 Å². The van der Waals surface area contributed by atoms with Crippen LogP contribution in [0.25, 0.3) is 0 Å². The van der Waals surface area contributed by atoms with Crippen molar-refractivity contribution < 1.29 is 9.53 Å². The van der Waals surface area contributed by atoms with E-state index in [0.29, 0.717) is 6.04 Å². The summed E-state index contributed by atoms with van der Waals surface area (Å²) < 4.78 is 5.39. The predicted molar refractivity (Wildman–Crippen MR) is 71.4 cm³/mol. The lowest BCUT2D eigenvalue weighted by atomic mass is 9.85. The van der Waals surface area contributed by atoms with Crippen LogP contribution in [0.1, 0.15) is 36.9 Å². The Hall–Kier alpha value is -1.77. The van der Waals surface area contributed by atoms with Crippen LogP contribution in [0, 0.1) is 0 Å². The van der Waals surface area contributed by atoms with Crippen molar-refractivity contribution in [1.29, 1.82) is 0 Å². The largest absolute Gasteiger partial charge is 0.453 e. The number of esters is 1. The van der Waals surface area contributed by atoms with Crippen LogP contribution in [0.4, 0.5) is 0 Å². The van der Waals surface area contributed by atoms with Crippen molar-refractivity contribution in [1.82, 2.24) is 4.90 Å². The molecule has 19 heavy (non-hydrogen) atoms. The maximum absolute atomic E-state index is 11.8. The molecule has 3 heteroatoms. The second-order valence-electron chi connectivity index (χ2n) is 5.61. The molecule has 3 heterocycles. The highest BCUT2D eigenvalue weighted by molar-refractivity contribution is 5.92. The molecule has 1 aromatic rings. The number of carbonyl (C=O) groups is 1. The Morgan fingerprint density at radius 1 is 1.26 bits per heavy atom. The molecule has 0 amide bonds. The molecule has 0 aromatic heterocycles. The van der Waals surface area contributed by atoms with E-state index < -0.39 is 0 Å². The van der Waals surface area contributed by atoms with Crippen LogP contribution in [0.15, 0.2) is 35.5 Å². The normalized spacial score (nSPS) is 28.7. The average Bonchev–Trinajstić information content (AvgIpc) is 2.74. The van der Waals surface area contributed by atoms with Gasteiger partial charge in [0.25, 0.3) is 0 Å². The molecule has 0 radical (unpaired) electrons. The van der Waals surface area contributed by atoms with Crippen LogP contribution in [0.3, 0.4) is 0 Å². The Balaban J connectivity index is 1.80. The van der Waals surface area contributed by atoms with Gasteiger partial charge in [-0.1, -0.05) is 24.3 Å². The van der Waals surface area contributed by atoms with E-state index in [1.165, 1.54) is 11.1 Å². The van der Waals surface area contributed by atoms with Crippen LogP contribution in [0.2, 0.25) is 0 Å². The summed E-state index contributed by atoms with van der Waals surface area (Å²) in [6.45, 7) is 2.99. The van der Waals surface area contributed by atoms with E-state index in [9.17, 15) is 4.79 Å². The number of benzene rings is 1. The van der Waals surface area contributed by atoms with Gasteiger partial charge in [-0.3, -0.25) is 0 Å². The van der Waals surface area contributed by atoms with E-state index in [0.717, 1.165) is 37.1 Å². The summed E-state index contributed by atoms with van der Waals surface area (Å²) in [6, 6.07) is 9.13. The van der Waals surface area contributed by atoms with Crippen LogP contribution < -0.4 is 0 Å². The highest BCUT2D eigenvalue weighted by atomic mass is 16.5. The molecular formula is C16H17NO2. The SMILES string of the molecule is C[C@H]1OC(=O)C2=C1N1CCc3ccccc3[C@@H]1CC2. The van der Waals surface area contributed by atoms with Gasteiger partial charge < -0.3 is 9.64 Å². The lowest BCUT2D eigenvalue weighted by molar-refractivity contribution is -0.139. The Morgan fingerprint density at radius 3 is 3.00 bits per heavy atom. The van der Waals surface area contributed by atoms with Gasteiger partial charge in [-0.05, 0) is 37.3 Å². The van der Waals surface area contributed by atoms with Gasteiger partial charge in [0, 0.05) is 6.54 Å². The minimum absolute atomic E-state index is 0.0736. The van der Waals surface area contributed by atoms with Crippen LogP contribution in [0.5, 0.6) is 0 Å². The maximum atomic E-state index is 11.8. The number of nitrogens with zero attached hydrogens (tertiary/aromatic N) is 1.